The fourth-order valence-corrected chi connectivity index (χ4v) is 8.80. The zero-order valence-corrected chi connectivity index (χ0v) is 40.9. The van der Waals surface area contributed by atoms with Gasteiger partial charge in [0.2, 0.25) is 18.3 Å². The van der Waals surface area contributed by atoms with E-state index < -0.39 is 176 Å². The highest BCUT2D eigenvalue weighted by atomic mass is 16.7. The van der Waals surface area contributed by atoms with Gasteiger partial charge in [-0.2, -0.15) is 0 Å². The molecule has 3 fully saturated rings. The van der Waals surface area contributed by atoms with Gasteiger partial charge in [-0.15, -0.1) is 0 Å². The molecule has 3 aliphatic heterocycles. The van der Waals surface area contributed by atoms with Crippen LogP contribution in [0.5, 0.6) is 51.7 Å². The van der Waals surface area contributed by atoms with Crippen LogP contribution in [-0.2, 0) is 38.0 Å². The van der Waals surface area contributed by atoms with Crippen molar-refractivity contribution < 1.29 is 138 Å². The lowest BCUT2D eigenvalue weighted by Crippen LogP contribution is -2.62. The van der Waals surface area contributed by atoms with Crippen molar-refractivity contribution in [1.29, 1.82) is 0 Å². The van der Waals surface area contributed by atoms with Gasteiger partial charge in [0.05, 0.1) is 18.2 Å². The molecular formula is C51H51O29+. The first kappa shape index (κ1) is 56.8. The second-order valence-electron chi connectivity index (χ2n) is 18.7. The summed E-state index contributed by atoms with van der Waals surface area (Å²) in [6.45, 7) is -2.58. The number of esters is 2. The number of ether oxygens (including phenoxy) is 8. The van der Waals surface area contributed by atoms with Gasteiger partial charge >= 0.3 is 23.3 Å². The maximum atomic E-state index is 12.9. The van der Waals surface area contributed by atoms with Crippen LogP contribution in [-0.4, -0.2) is 206 Å². The van der Waals surface area contributed by atoms with Gasteiger partial charge in [0, 0.05) is 48.0 Å². The standard InChI is InChI=1S/C51H50O29/c52-19-3-1-17(2-4-19)28-12-25(56)37-24(55)9-21(10-30(37)75-28)74-50-46(69)43(66)40(63)33(79-50)15-72-36(60)13-35(59)71-14-32-39(62)42(65)45(68)49(78-32)73-16-34-41(64)44(67)47(70)51(80-34)77-31-11-22-23(54)7-20(53)8-29(22)76-48(31)18-5-26(57)38(61)27(58)6-18/h1-12,32-34,39-47,49-51,62-70H,13-16H2,(H6-,52,53,54,55,56,57,58,61)/p+1/t32-,33-,34-,39-,40-,41-,42+,43+,44+,45-,46+,47-,49-,50-,51-/m1/s1. The SMILES string of the molecule is O=C(CC(=O)OC[C@H]1O[C@@H](OC[C@H]2O[C@@H](Oc3cc4c(O)cc(O)cc4[o+]c3-c3cc(O)c(O)c(O)c3)[C@H](O)[C@@H](O)[C@@H]2O)[C@H](O)[C@@H](O)[C@@H]1O)OC[C@H]1O[C@@H](Oc2cc(O)c3c(=O)cc(-c4ccc(O)cc4)oc3c2)[C@@H](O)[C@@H](O)[C@@H]1O. The lowest BCUT2D eigenvalue weighted by atomic mass is 9.98. The van der Waals surface area contributed by atoms with E-state index in [9.17, 15) is 96.1 Å². The number of rotatable bonds is 15. The van der Waals surface area contributed by atoms with E-state index in [4.69, 9.17) is 46.7 Å². The second kappa shape index (κ2) is 23.1. The maximum Gasteiger partial charge on any atom is 0.402 e. The molecule has 29 nitrogen and oxygen atoms in total. The van der Waals surface area contributed by atoms with Crippen LogP contribution in [0.2, 0.25) is 0 Å². The topological polar surface area (TPSA) is 473 Å². The summed E-state index contributed by atoms with van der Waals surface area (Å²) in [6.07, 6.45) is -29.6. The van der Waals surface area contributed by atoms with Crippen LogP contribution in [0.1, 0.15) is 6.42 Å². The molecule has 29 heteroatoms. The number of hydrogen-bond donors (Lipinski definition) is 16. The molecule has 4 aromatic carbocycles. The van der Waals surface area contributed by atoms with Crippen LogP contribution in [0.3, 0.4) is 0 Å². The van der Waals surface area contributed by atoms with Gasteiger partial charge in [0.15, 0.2) is 29.0 Å². The Bertz CT molecular complexity index is 3290. The number of carbonyl (C=O) groups is 2. The summed E-state index contributed by atoms with van der Waals surface area (Å²) in [7, 11) is 0. The Morgan fingerprint density at radius 1 is 0.512 bits per heavy atom. The molecule has 0 amide bonds. The second-order valence-corrected chi connectivity index (χ2v) is 18.7. The average Bonchev–Trinajstić information content (AvgIpc) is 3.49. The van der Waals surface area contributed by atoms with E-state index in [1.807, 2.05) is 0 Å². The molecule has 3 aliphatic rings. The Hall–Kier alpha value is -7.88. The molecule has 0 bridgehead atoms. The highest BCUT2D eigenvalue weighted by Crippen LogP contribution is 2.45. The number of hydrogen-bond acceptors (Lipinski definition) is 28. The van der Waals surface area contributed by atoms with E-state index in [1.165, 1.54) is 30.3 Å². The minimum atomic E-state index is -2.05. The van der Waals surface area contributed by atoms with Gasteiger partial charge in [-0.3, -0.25) is 14.4 Å². The summed E-state index contributed by atoms with van der Waals surface area (Å²) in [4.78, 5) is 38.5. The molecule has 428 valence electrons. The largest absolute Gasteiger partial charge is 0.508 e. The first-order valence-corrected chi connectivity index (χ1v) is 24.0. The number of aliphatic hydroxyl groups is 9. The summed E-state index contributed by atoms with van der Waals surface area (Å²) < 4.78 is 55.7. The van der Waals surface area contributed by atoms with Gasteiger partial charge < -0.3 is 124 Å². The Balaban J connectivity index is 0.793. The van der Waals surface area contributed by atoms with Crippen molar-refractivity contribution in [1.82, 2.24) is 0 Å². The number of phenolic OH excluding ortho intramolecular Hbond substituents is 7. The van der Waals surface area contributed by atoms with E-state index in [0.717, 1.165) is 42.5 Å². The van der Waals surface area contributed by atoms with Gasteiger partial charge in [-0.05, 0) is 24.3 Å². The first-order chi connectivity index (χ1) is 37.9. The van der Waals surface area contributed by atoms with Crippen molar-refractivity contribution in [3.8, 4) is 74.4 Å². The van der Waals surface area contributed by atoms with Crippen molar-refractivity contribution in [2.24, 2.45) is 0 Å². The fourth-order valence-electron chi connectivity index (χ4n) is 8.80. The Kier molecular flexibility index (Phi) is 16.4. The molecule has 5 heterocycles. The van der Waals surface area contributed by atoms with Gasteiger partial charge in [-0.25, -0.2) is 4.42 Å². The molecule has 0 spiro atoms. The summed E-state index contributed by atoms with van der Waals surface area (Å²) in [5.74, 6) is -7.71. The number of phenols is 7. The zero-order chi connectivity index (χ0) is 57.6. The first-order valence-electron chi connectivity index (χ1n) is 24.0. The highest BCUT2D eigenvalue weighted by molar-refractivity contribution is 5.91. The molecule has 6 aromatic rings. The van der Waals surface area contributed by atoms with Crippen LogP contribution in [0.25, 0.3) is 44.6 Å². The summed E-state index contributed by atoms with van der Waals surface area (Å²) in [5.41, 5.74) is -0.765. The Morgan fingerprint density at radius 2 is 1.05 bits per heavy atom. The van der Waals surface area contributed by atoms with Crippen molar-refractivity contribution in [3.63, 3.8) is 0 Å². The van der Waals surface area contributed by atoms with Crippen LogP contribution in [0, 0.1) is 0 Å². The van der Waals surface area contributed by atoms with Crippen LogP contribution in [0.4, 0.5) is 0 Å². The maximum absolute atomic E-state index is 12.9. The van der Waals surface area contributed by atoms with E-state index in [-0.39, 0.29) is 50.5 Å². The molecule has 16 N–H and O–H groups in total. The monoisotopic (exact) mass is 1130 g/mol. The molecule has 3 saturated heterocycles. The molecule has 15 atom stereocenters. The van der Waals surface area contributed by atoms with Gasteiger partial charge in [-0.1, -0.05) is 0 Å². The lowest BCUT2D eigenvalue weighted by molar-refractivity contribution is -0.323. The van der Waals surface area contributed by atoms with Crippen molar-refractivity contribution in [3.05, 3.63) is 83.0 Å². The molecular weight excluding hydrogens is 1080 g/mol. The molecule has 0 unspecified atom stereocenters. The molecule has 0 radical (unpaired) electrons. The van der Waals surface area contributed by atoms with Crippen LogP contribution in [0.15, 0.2) is 86.4 Å². The predicted octanol–water partition coefficient (Wildman–Crippen LogP) is -1.53. The molecule has 9 rings (SSSR count). The number of carbonyl (C=O) groups excluding carboxylic acids is 2. The minimum absolute atomic E-state index is 0.0497. The summed E-state index contributed by atoms with van der Waals surface area (Å²) >= 11 is 0. The quantitative estimate of drug-likeness (QED) is 0.0240. The van der Waals surface area contributed by atoms with E-state index in [1.54, 1.807) is 0 Å². The normalized spacial score (nSPS) is 28.8. The van der Waals surface area contributed by atoms with E-state index in [0.29, 0.717) is 5.56 Å². The molecule has 2 aromatic heterocycles. The Labute approximate surface area is 446 Å². The Morgan fingerprint density at radius 3 is 1.64 bits per heavy atom. The van der Waals surface area contributed by atoms with Crippen LogP contribution >= 0.6 is 0 Å². The third kappa shape index (κ3) is 11.7. The predicted molar refractivity (Wildman–Crippen MR) is 259 cm³/mol. The highest BCUT2D eigenvalue weighted by Gasteiger charge is 2.50. The zero-order valence-electron chi connectivity index (χ0n) is 40.9. The number of aliphatic hydroxyl groups excluding tert-OH is 9. The summed E-state index contributed by atoms with van der Waals surface area (Å²) in [6, 6.07) is 14.0. The molecule has 0 saturated carbocycles. The van der Waals surface area contributed by atoms with Crippen molar-refractivity contribution in [2.45, 2.75) is 98.5 Å². The third-order valence-corrected chi connectivity index (χ3v) is 13.1. The van der Waals surface area contributed by atoms with Crippen LogP contribution < -0.4 is 14.9 Å². The summed E-state index contributed by atoms with van der Waals surface area (Å²) in [5, 5.41) is 168. The number of benzene rings is 4. The number of aromatic hydroxyl groups is 7. The van der Waals surface area contributed by atoms with Crippen molar-refractivity contribution >= 4 is 33.9 Å². The molecule has 80 heavy (non-hydrogen) atoms. The fraction of sp³-hybridized carbons (Fsp3) is 0.373. The minimum Gasteiger partial charge on any atom is -0.508 e. The smallest absolute Gasteiger partial charge is 0.402 e. The third-order valence-electron chi connectivity index (χ3n) is 13.1. The van der Waals surface area contributed by atoms with E-state index >= 15 is 0 Å². The lowest BCUT2D eigenvalue weighted by Gasteiger charge is -2.42. The van der Waals surface area contributed by atoms with Gasteiger partial charge in [0.1, 0.15) is 144 Å². The average molecular weight is 1130 g/mol. The number of fused-ring (bicyclic) bond motifs is 2. The molecule has 0 aliphatic carbocycles. The van der Waals surface area contributed by atoms with Gasteiger partial charge in [0.25, 0.3) is 0 Å². The van der Waals surface area contributed by atoms with Crippen molar-refractivity contribution in [2.75, 3.05) is 19.8 Å². The van der Waals surface area contributed by atoms with E-state index in [2.05, 4.69) is 0 Å².